The average molecular weight is 249 g/mol. The molecule has 100 valence electrons. The molecule has 0 bridgehead atoms. The summed E-state index contributed by atoms with van der Waals surface area (Å²) < 4.78 is 0. The molecule has 0 heterocycles. The summed E-state index contributed by atoms with van der Waals surface area (Å²) in [6, 6.07) is 4.33. The molecule has 1 rings (SSSR count). The van der Waals surface area contributed by atoms with Gasteiger partial charge in [-0.2, -0.15) is 0 Å². The molecule has 0 aliphatic heterocycles. The van der Waals surface area contributed by atoms with Crippen molar-refractivity contribution >= 4 is 5.97 Å². The number of hydrogen-bond donors (Lipinski definition) is 1. The first-order valence-electron chi connectivity index (χ1n) is 6.38. The van der Waals surface area contributed by atoms with Crippen LogP contribution in [0.3, 0.4) is 0 Å². The second-order valence-corrected chi connectivity index (χ2v) is 5.03. The first-order valence-corrected chi connectivity index (χ1v) is 6.38. The van der Waals surface area contributed by atoms with E-state index in [-0.39, 0.29) is 6.42 Å². The van der Waals surface area contributed by atoms with Crippen LogP contribution in [0.1, 0.15) is 35.1 Å². The van der Waals surface area contributed by atoms with Gasteiger partial charge >= 0.3 is 5.97 Å². The quantitative estimate of drug-likeness (QED) is 0.842. The van der Waals surface area contributed by atoms with Crippen LogP contribution < -0.4 is 0 Å². The summed E-state index contributed by atoms with van der Waals surface area (Å²) in [5.74, 6) is -0.717. The number of hydrogen-bond acceptors (Lipinski definition) is 2. The number of aliphatic carboxylic acids is 1. The Morgan fingerprint density at radius 2 is 1.89 bits per heavy atom. The highest BCUT2D eigenvalue weighted by Gasteiger charge is 2.07. The Bertz CT molecular complexity index is 427. The molecule has 0 unspecified atom stereocenters. The highest BCUT2D eigenvalue weighted by molar-refractivity contribution is 5.66. The first kappa shape index (κ1) is 14.7. The van der Waals surface area contributed by atoms with Crippen LogP contribution in [0.5, 0.6) is 0 Å². The van der Waals surface area contributed by atoms with Gasteiger partial charge in [0.1, 0.15) is 0 Å². The Kier molecular flexibility index (Phi) is 5.35. The second kappa shape index (κ2) is 6.55. The number of benzene rings is 1. The minimum Gasteiger partial charge on any atom is -0.481 e. The average Bonchev–Trinajstić information content (AvgIpc) is 2.29. The highest BCUT2D eigenvalue weighted by Crippen LogP contribution is 2.18. The largest absolute Gasteiger partial charge is 0.481 e. The number of nitrogens with zero attached hydrogens (tertiary/aromatic N) is 1. The van der Waals surface area contributed by atoms with Crippen molar-refractivity contribution in [3.05, 3.63) is 34.4 Å². The molecule has 3 heteroatoms. The van der Waals surface area contributed by atoms with Crippen LogP contribution >= 0.6 is 0 Å². The van der Waals surface area contributed by atoms with Crippen molar-refractivity contribution in [3.63, 3.8) is 0 Å². The smallest absolute Gasteiger partial charge is 0.303 e. The summed E-state index contributed by atoms with van der Waals surface area (Å²) in [6.45, 7) is 8.13. The fourth-order valence-electron chi connectivity index (χ4n) is 2.05. The molecule has 0 amide bonds. The SMILES string of the molecule is Cc1ccc(CN(C)CCCC(=O)O)c(C)c1C. The first-order chi connectivity index (χ1) is 8.41. The van der Waals surface area contributed by atoms with Gasteiger partial charge in [-0.1, -0.05) is 12.1 Å². The van der Waals surface area contributed by atoms with Gasteiger partial charge in [-0.3, -0.25) is 4.79 Å². The van der Waals surface area contributed by atoms with Gasteiger partial charge in [0.05, 0.1) is 0 Å². The monoisotopic (exact) mass is 249 g/mol. The summed E-state index contributed by atoms with van der Waals surface area (Å²) in [5.41, 5.74) is 5.35. The lowest BCUT2D eigenvalue weighted by Gasteiger charge is -2.19. The number of carboxylic acids is 1. The van der Waals surface area contributed by atoms with E-state index >= 15 is 0 Å². The summed E-state index contributed by atoms with van der Waals surface area (Å²) in [7, 11) is 2.04. The van der Waals surface area contributed by atoms with E-state index in [1.54, 1.807) is 0 Å². The lowest BCUT2D eigenvalue weighted by Crippen LogP contribution is -2.20. The summed E-state index contributed by atoms with van der Waals surface area (Å²) in [6.07, 6.45) is 0.950. The van der Waals surface area contributed by atoms with Crippen LogP contribution in [0.15, 0.2) is 12.1 Å². The molecule has 0 radical (unpaired) electrons. The predicted molar refractivity (Wildman–Crippen MR) is 73.9 cm³/mol. The van der Waals surface area contributed by atoms with Gasteiger partial charge in [0.15, 0.2) is 0 Å². The van der Waals surface area contributed by atoms with Crippen LogP contribution in [-0.2, 0) is 11.3 Å². The fraction of sp³-hybridized carbons (Fsp3) is 0.533. The number of rotatable bonds is 6. The topological polar surface area (TPSA) is 40.5 Å². The molecule has 1 aromatic rings. The Hall–Kier alpha value is -1.35. The molecule has 3 nitrogen and oxygen atoms in total. The van der Waals surface area contributed by atoms with Crippen LogP contribution in [0.25, 0.3) is 0 Å². The molecule has 0 saturated heterocycles. The van der Waals surface area contributed by atoms with Crippen LogP contribution in [0.2, 0.25) is 0 Å². The van der Waals surface area contributed by atoms with Gasteiger partial charge in [0.2, 0.25) is 0 Å². The van der Waals surface area contributed by atoms with Gasteiger partial charge < -0.3 is 10.0 Å². The highest BCUT2D eigenvalue weighted by atomic mass is 16.4. The van der Waals surface area contributed by atoms with E-state index in [0.717, 1.165) is 13.1 Å². The van der Waals surface area contributed by atoms with Gasteiger partial charge in [-0.05, 0) is 63.0 Å². The molecule has 0 aliphatic rings. The minimum absolute atomic E-state index is 0.246. The van der Waals surface area contributed by atoms with Gasteiger partial charge in [0.25, 0.3) is 0 Å². The van der Waals surface area contributed by atoms with Crippen molar-refractivity contribution in [3.8, 4) is 0 Å². The Morgan fingerprint density at radius 3 is 2.50 bits per heavy atom. The lowest BCUT2D eigenvalue weighted by molar-refractivity contribution is -0.137. The van der Waals surface area contributed by atoms with Crippen LogP contribution in [0, 0.1) is 20.8 Å². The Balaban J connectivity index is 2.57. The Labute approximate surface area is 109 Å². The third kappa shape index (κ3) is 4.15. The fourth-order valence-corrected chi connectivity index (χ4v) is 2.05. The molecule has 0 atom stereocenters. The standard InChI is InChI=1S/C15H23NO2/c1-11-7-8-14(13(3)12(11)2)10-16(4)9-5-6-15(17)18/h7-8H,5-6,9-10H2,1-4H3,(H,17,18). The number of carbonyl (C=O) groups is 1. The van der Waals surface area contributed by atoms with Gasteiger partial charge in [0, 0.05) is 13.0 Å². The van der Waals surface area contributed by atoms with Gasteiger partial charge in [-0.25, -0.2) is 0 Å². The van der Waals surface area contributed by atoms with E-state index in [1.165, 1.54) is 22.3 Å². The Morgan fingerprint density at radius 1 is 1.22 bits per heavy atom. The van der Waals surface area contributed by atoms with Crippen molar-refractivity contribution in [1.29, 1.82) is 0 Å². The van der Waals surface area contributed by atoms with E-state index < -0.39 is 5.97 Å². The van der Waals surface area contributed by atoms with Crippen molar-refractivity contribution in [2.75, 3.05) is 13.6 Å². The van der Waals surface area contributed by atoms with Crippen molar-refractivity contribution in [2.24, 2.45) is 0 Å². The second-order valence-electron chi connectivity index (χ2n) is 5.03. The molecule has 1 aromatic carbocycles. The zero-order valence-corrected chi connectivity index (χ0v) is 11.8. The van der Waals surface area contributed by atoms with Crippen LogP contribution in [-0.4, -0.2) is 29.6 Å². The molecule has 0 aliphatic carbocycles. The summed E-state index contributed by atoms with van der Waals surface area (Å²) in [5, 5.41) is 8.61. The summed E-state index contributed by atoms with van der Waals surface area (Å²) in [4.78, 5) is 12.6. The van der Waals surface area contributed by atoms with Crippen molar-refractivity contribution in [2.45, 2.75) is 40.2 Å². The van der Waals surface area contributed by atoms with E-state index in [4.69, 9.17) is 5.11 Å². The van der Waals surface area contributed by atoms with E-state index in [9.17, 15) is 4.79 Å². The summed E-state index contributed by atoms with van der Waals surface area (Å²) >= 11 is 0. The minimum atomic E-state index is -0.717. The number of aryl methyl sites for hydroxylation is 1. The third-order valence-corrected chi connectivity index (χ3v) is 3.54. The van der Waals surface area contributed by atoms with E-state index in [0.29, 0.717) is 6.42 Å². The molecule has 0 aromatic heterocycles. The maximum absolute atomic E-state index is 10.5. The maximum atomic E-state index is 10.5. The third-order valence-electron chi connectivity index (χ3n) is 3.54. The molecule has 0 fully saturated rings. The molecule has 0 spiro atoms. The molecule has 1 N–H and O–H groups in total. The number of carboxylic acid groups (broad SMARTS) is 1. The maximum Gasteiger partial charge on any atom is 0.303 e. The normalized spacial score (nSPS) is 10.9. The van der Waals surface area contributed by atoms with E-state index in [2.05, 4.69) is 37.8 Å². The molecular formula is C15H23NO2. The van der Waals surface area contributed by atoms with Crippen molar-refractivity contribution < 1.29 is 9.90 Å². The lowest BCUT2D eigenvalue weighted by atomic mass is 9.98. The van der Waals surface area contributed by atoms with E-state index in [1.807, 2.05) is 7.05 Å². The molecule has 18 heavy (non-hydrogen) atoms. The zero-order valence-electron chi connectivity index (χ0n) is 11.8. The predicted octanol–water partition coefficient (Wildman–Crippen LogP) is 2.91. The van der Waals surface area contributed by atoms with Crippen molar-refractivity contribution in [1.82, 2.24) is 4.90 Å². The van der Waals surface area contributed by atoms with Crippen LogP contribution in [0.4, 0.5) is 0 Å². The zero-order chi connectivity index (χ0) is 13.7. The molecular weight excluding hydrogens is 226 g/mol. The molecule has 0 saturated carbocycles. The van der Waals surface area contributed by atoms with Gasteiger partial charge in [-0.15, -0.1) is 0 Å².